The summed E-state index contributed by atoms with van der Waals surface area (Å²) in [4.78, 5) is 14.5. The third kappa shape index (κ3) is 5.05. The van der Waals surface area contributed by atoms with Crippen LogP contribution in [0.3, 0.4) is 0 Å². The molecule has 1 amide bonds. The van der Waals surface area contributed by atoms with Gasteiger partial charge in [0, 0.05) is 31.9 Å². The lowest BCUT2D eigenvalue weighted by Crippen LogP contribution is -2.42. The fourth-order valence-corrected chi connectivity index (χ4v) is 4.17. The average Bonchev–Trinajstić information content (AvgIpc) is 3.28. The van der Waals surface area contributed by atoms with E-state index in [1.54, 1.807) is 0 Å². The SMILES string of the molecule is CS(=O)(=O)CCN1C[C@H](NC(=O)Cc2ccccc2)[C@@H](C2CC2)C1. The van der Waals surface area contributed by atoms with E-state index in [0.717, 1.165) is 18.7 Å². The first-order valence-corrected chi connectivity index (χ1v) is 10.7. The van der Waals surface area contributed by atoms with Crippen LogP contribution in [0.25, 0.3) is 0 Å². The Labute approximate surface area is 144 Å². The number of hydrogen-bond donors (Lipinski definition) is 1. The van der Waals surface area contributed by atoms with Crippen LogP contribution in [-0.2, 0) is 21.1 Å². The van der Waals surface area contributed by atoms with Gasteiger partial charge in [0.1, 0.15) is 9.84 Å². The van der Waals surface area contributed by atoms with E-state index >= 15 is 0 Å². The number of rotatable bonds is 7. The molecule has 1 aliphatic carbocycles. The zero-order valence-corrected chi connectivity index (χ0v) is 15.0. The monoisotopic (exact) mass is 350 g/mol. The summed E-state index contributed by atoms with van der Waals surface area (Å²) in [5.41, 5.74) is 1.02. The lowest BCUT2D eigenvalue weighted by atomic mass is 9.98. The van der Waals surface area contributed by atoms with Gasteiger partial charge in [-0.15, -0.1) is 0 Å². The number of carbonyl (C=O) groups is 1. The highest BCUT2D eigenvalue weighted by molar-refractivity contribution is 7.90. The van der Waals surface area contributed by atoms with Crippen LogP contribution < -0.4 is 5.32 Å². The van der Waals surface area contributed by atoms with Crippen molar-refractivity contribution in [1.82, 2.24) is 10.2 Å². The Morgan fingerprint density at radius 3 is 2.54 bits per heavy atom. The summed E-state index contributed by atoms with van der Waals surface area (Å²) in [6.07, 6.45) is 4.14. The second-order valence-corrected chi connectivity index (χ2v) is 9.49. The highest BCUT2D eigenvalue weighted by Gasteiger charge is 2.42. The standard InChI is InChI=1S/C18H26N2O3S/c1-24(22,23)10-9-20-12-16(15-7-8-15)17(13-20)19-18(21)11-14-5-3-2-4-6-14/h2-6,15-17H,7-13H2,1H3,(H,19,21)/t16-,17+/m1/s1. The molecule has 1 aliphatic heterocycles. The molecule has 0 radical (unpaired) electrons. The largest absolute Gasteiger partial charge is 0.351 e. The maximum Gasteiger partial charge on any atom is 0.224 e. The van der Waals surface area contributed by atoms with Crippen molar-refractivity contribution in [3.63, 3.8) is 0 Å². The molecule has 1 saturated carbocycles. The van der Waals surface area contributed by atoms with E-state index in [-0.39, 0.29) is 17.7 Å². The van der Waals surface area contributed by atoms with Gasteiger partial charge in [0.2, 0.25) is 5.91 Å². The van der Waals surface area contributed by atoms with E-state index < -0.39 is 9.84 Å². The molecule has 1 aromatic carbocycles. The van der Waals surface area contributed by atoms with Crippen LogP contribution in [0.5, 0.6) is 0 Å². The fourth-order valence-electron chi connectivity index (χ4n) is 3.58. The molecule has 2 fully saturated rings. The van der Waals surface area contributed by atoms with Gasteiger partial charge in [0.15, 0.2) is 0 Å². The van der Waals surface area contributed by atoms with E-state index in [1.807, 2.05) is 30.3 Å². The number of amides is 1. The maximum atomic E-state index is 12.4. The summed E-state index contributed by atoms with van der Waals surface area (Å²) in [6, 6.07) is 9.90. The van der Waals surface area contributed by atoms with Crippen molar-refractivity contribution < 1.29 is 13.2 Å². The Bertz CT molecular complexity index is 671. The Balaban J connectivity index is 1.55. The first-order chi connectivity index (χ1) is 11.4. The van der Waals surface area contributed by atoms with Crippen LogP contribution in [0.2, 0.25) is 0 Å². The topological polar surface area (TPSA) is 66.5 Å². The van der Waals surface area contributed by atoms with Crippen LogP contribution in [0.15, 0.2) is 30.3 Å². The van der Waals surface area contributed by atoms with Crippen LogP contribution in [-0.4, -0.2) is 56.9 Å². The van der Waals surface area contributed by atoms with Crippen LogP contribution >= 0.6 is 0 Å². The first-order valence-electron chi connectivity index (χ1n) is 8.64. The maximum absolute atomic E-state index is 12.4. The summed E-state index contributed by atoms with van der Waals surface area (Å²) in [5, 5.41) is 3.20. The van der Waals surface area contributed by atoms with E-state index in [0.29, 0.717) is 24.8 Å². The molecule has 0 unspecified atom stereocenters. The Morgan fingerprint density at radius 1 is 1.21 bits per heavy atom. The average molecular weight is 350 g/mol. The van der Waals surface area contributed by atoms with Gasteiger partial charge >= 0.3 is 0 Å². The molecule has 3 rings (SSSR count). The second kappa shape index (κ2) is 7.23. The molecule has 1 heterocycles. The minimum Gasteiger partial charge on any atom is -0.351 e. The minimum atomic E-state index is -2.94. The van der Waals surface area contributed by atoms with Crippen LogP contribution in [0, 0.1) is 11.8 Å². The number of carbonyl (C=O) groups excluding carboxylic acids is 1. The molecule has 1 saturated heterocycles. The number of nitrogens with one attached hydrogen (secondary N) is 1. The van der Waals surface area contributed by atoms with Gasteiger partial charge in [-0.25, -0.2) is 8.42 Å². The Kier molecular flexibility index (Phi) is 5.25. The van der Waals surface area contributed by atoms with Crippen molar-refractivity contribution in [3.05, 3.63) is 35.9 Å². The molecule has 2 aliphatic rings. The molecule has 132 valence electrons. The molecular formula is C18H26N2O3S. The molecule has 0 bridgehead atoms. The predicted molar refractivity (Wildman–Crippen MR) is 94.4 cm³/mol. The Morgan fingerprint density at radius 2 is 1.92 bits per heavy atom. The zero-order chi connectivity index (χ0) is 17.2. The van der Waals surface area contributed by atoms with E-state index in [1.165, 1.54) is 19.1 Å². The van der Waals surface area contributed by atoms with Crippen molar-refractivity contribution in [2.75, 3.05) is 31.6 Å². The van der Waals surface area contributed by atoms with E-state index in [9.17, 15) is 13.2 Å². The molecule has 6 heteroatoms. The Hall–Kier alpha value is -1.40. The third-order valence-corrected chi connectivity index (χ3v) is 5.92. The summed E-state index contributed by atoms with van der Waals surface area (Å²) >= 11 is 0. The summed E-state index contributed by atoms with van der Waals surface area (Å²) in [6.45, 7) is 2.22. The van der Waals surface area contributed by atoms with Crippen molar-refractivity contribution in [2.45, 2.75) is 25.3 Å². The van der Waals surface area contributed by atoms with Gasteiger partial charge in [-0.05, 0) is 30.2 Å². The number of benzene rings is 1. The highest BCUT2D eigenvalue weighted by Crippen LogP contribution is 2.41. The van der Waals surface area contributed by atoms with Crippen LogP contribution in [0.1, 0.15) is 18.4 Å². The molecule has 0 aromatic heterocycles. The molecule has 24 heavy (non-hydrogen) atoms. The zero-order valence-electron chi connectivity index (χ0n) is 14.1. The number of nitrogens with zero attached hydrogens (tertiary/aromatic N) is 1. The third-order valence-electron chi connectivity index (χ3n) is 5.00. The molecule has 1 aromatic rings. The van der Waals surface area contributed by atoms with Gasteiger partial charge in [-0.3, -0.25) is 9.69 Å². The van der Waals surface area contributed by atoms with E-state index in [2.05, 4.69) is 10.2 Å². The van der Waals surface area contributed by atoms with Crippen molar-refractivity contribution in [1.29, 1.82) is 0 Å². The van der Waals surface area contributed by atoms with Crippen molar-refractivity contribution in [3.8, 4) is 0 Å². The number of hydrogen-bond acceptors (Lipinski definition) is 4. The molecule has 1 N–H and O–H groups in total. The first kappa shape index (κ1) is 17.4. The minimum absolute atomic E-state index is 0.0572. The van der Waals surface area contributed by atoms with Gasteiger partial charge < -0.3 is 5.32 Å². The van der Waals surface area contributed by atoms with Gasteiger partial charge in [-0.1, -0.05) is 30.3 Å². The smallest absolute Gasteiger partial charge is 0.224 e. The fraction of sp³-hybridized carbons (Fsp3) is 0.611. The molecular weight excluding hydrogens is 324 g/mol. The van der Waals surface area contributed by atoms with Crippen LogP contribution in [0.4, 0.5) is 0 Å². The quantitative estimate of drug-likeness (QED) is 0.800. The lowest BCUT2D eigenvalue weighted by Gasteiger charge is -2.19. The van der Waals surface area contributed by atoms with Crippen molar-refractivity contribution >= 4 is 15.7 Å². The van der Waals surface area contributed by atoms with Crippen molar-refractivity contribution in [2.24, 2.45) is 11.8 Å². The van der Waals surface area contributed by atoms with Gasteiger partial charge in [-0.2, -0.15) is 0 Å². The number of likely N-dealkylation sites (tertiary alicyclic amines) is 1. The van der Waals surface area contributed by atoms with Gasteiger partial charge in [0.05, 0.1) is 12.2 Å². The highest BCUT2D eigenvalue weighted by atomic mass is 32.2. The van der Waals surface area contributed by atoms with Gasteiger partial charge in [0.25, 0.3) is 0 Å². The predicted octanol–water partition coefficient (Wildman–Crippen LogP) is 1.10. The number of sulfone groups is 1. The normalized spacial score (nSPS) is 24.9. The summed E-state index contributed by atoms with van der Waals surface area (Å²) < 4.78 is 22.8. The second-order valence-electron chi connectivity index (χ2n) is 7.23. The summed E-state index contributed by atoms with van der Waals surface area (Å²) in [7, 11) is -2.94. The lowest BCUT2D eigenvalue weighted by molar-refractivity contribution is -0.121. The van der Waals surface area contributed by atoms with E-state index in [4.69, 9.17) is 0 Å². The molecule has 0 spiro atoms. The summed E-state index contributed by atoms with van der Waals surface area (Å²) in [5.74, 6) is 1.40. The molecule has 2 atom stereocenters. The molecule has 5 nitrogen and oxygen atoms in total.